The molecule has 0 atom stereocenters. The van der Waals surface area contributed by atoms with Crippen LogP contribution >= 0.6 is 11.3 Å². The smallest absolute Gasteiger partial charge is 0.223 e. The van der Waals surface area contributed by atoms with Crippen LogP contribution in [0, 0.1) is 0 Å². The van der Waals surface area contributed by atoms with E-state index < -0.39 is 0 Å². The summed E-state index contributed by atoms with van der Waals surface area (Å²) in [6, 6.07) is 2.12. The van der Waals surface area contributed by atoms with Gasteiger partial charge in [0.05, 0.1) is 12.2 Å². The Labute approximate surface area is 172 Å². The minimum atomic E-state index is 0.112. The first kappa shape index (κ1) is 19.9. The van der Waals surface area contributed by atoms with Crippen LogP contribution in [0.3, 0.4) is 0 Å². The van der Waals surface area contributed by atoms with Crippen molar-refractivity contribution in [3.8, 4) is 0 Å². The van der Waals surface area contributed by atoms with Gasteiger partial charge in [-0.05, 0) is 49.1 Å². The Bertz CT molecular complexity index is 675. The molecule has 1 aromatic rings. The van der Waals surface area contributed by atoms with Crippen molar-refractivity contribution < 1.29 is 14.3 Å². The van der Waals surface area contributed by atoms with E-state index in [4.69, 9.17) is 4.74 Å². The molecule has 4 rings (SSSR count). The molecule has 2 amide bonds. The molecule has 1 saturated heterocycles. The number of hydrogen-bond donors (Lipinski definition) is 0. The van der Waals surface area contributed by atoms with Gasteiger partial charge in [0, 0.05) is 43.9 Å². The lowest BCUT2D eigenvalue weighted by Gasteiger charge is -2.35. The molecule has 2 fully saturated rings. The van der Waals surface area contributed by atoms with Gasteiger partial charge >= 0.3 is 0 Å². The quantitative estimate of drug-likeness (QED) is 0.751. The third-order valence-corrected chi connectivity index (χ3v) is 7.47. The number of nitrogens with zero attached hydrogens (tertiary/aromatic N) is 2. The van der Waals surface area contributed by atoms with Gasteiger partial charge in [-0.2, -0.15) is 0 Å². The summed E-state index contributed by atoms with van der Waals surface area (Å²) in [6.07, 6.45) is 10.5. The monoisotopic (exact) mass is 404 g/mol. The molecule has 0 radical (unpaired) electrons. The van der Waals surface area contributed by atoms with Crippen molar-refractivity contribution in [2.24, 2.45) is 0 Å². The lowest BCUT2D eigenvalue weighted by Crippen LogP contribution is -2.42. The molecule has 6 heteroatoms. The van der Waals surface area contributed by atoms with Gasteiger partial charge in [-0.1, -0.05) is 19.3 Å². The zero-order valence-electron chi connectivity index (χ0n) is 16.7. The molecule has 3 heterocycles. The molecular formula is C22H32N2O3S. The van der Waals surface area contributed by atoms with E-state index in [9.17, 15) is 9.59 Å². The third kappa shape index (κ3) is 4.95. The number of likely N-dealkylation sites (tertiary alicyclic amines) is 1. The molecule has 0 spiro atoms. The van der Waals surface area contributed by atoms with Crippen molar-refractivity contribution in [3.05, 3.63) is 21.9 Å². The maximum Gasteiger partial charge on any atom is 0.223 e. The minimum Gasteiger partial charge on any atom is -0.375 e. The fourth-order valence-corrected chi connectivity index (χ4v) is 5.60. The highest BCUT2D eigenvalue weighted by atomic mass is 32.1. The van der Waals surface area contributed by atoms with Crippen LogP contribution in [0.5, 0.6) is 0 Å². The fourth-order valence-electron chi connectivity index (χ4n) is 4.71. The number of ether oxygens (including phenoxy) is 1. The molecule has 0 unspecified atom stereocenters. The summed E-state index contributed by atoms with van der Waals surface area (Å²) in [6.45, 7) is 3.03. The second-order valence-electron chi connectivity index (χ2n) is 8.41. The standard InChI is InChI=1S/C22H32N2O3S/c25-21(6-7-22(26)24-14-10-20-17(16-24)11-15-28-20)23-12-8-19(9-13-23)27-18-4-2-1-3-5-18/h11,15,18-19H,1-10,12-14,16H2. The van der Waals surface area contributed by atoms with E-state index in [1.807, 2.05) is 9.80 Å². The Morgan fingerprint density at radius 3 is 2.36 bits per heavy atom. The summed E-state index contributed by atoms with van der Waals surface area (Å²) < 4.78 is 6.26. The Hall–Kier alpha value is -1.40. The molecule has 5 nitrogen and oxygen atoms in total. The number of piperidine rings is 1. The summed E-state index contributed by atoms with van der Waals surface area (Å²) in [7, 11) is 0. The van der Waals surface area contributed by atoms with Gasteiger partial charge in [-0.25, -0.2) is 0 Å². The van der Waals surface area contributed by atoms with E-state index in [1.54, 1.807) is 11.3 Å². The van der Waals surface area contributed by atoms with Gasteiger partial charge < -0.3 is 14.5 Å². The molecular weight excluding hydrogens is 372 g/mol. The Morgan fingerprint density at radius 2 is 1.61 bits per heavy atom. The first-order chi connectivity index (χ1) is 13.7. The average molecular weight is 405 g/mol. The van der Waals surface area contributed by atoms with Crippen molar-refractivity contribution in [1.82, 2.24) is 9.80 Å². The molecule has 3 aliphatic rings. The van der Waals surface area contributed by atoms with Gasteiger partial charge in [-0.3, -0.25) is 9.59 Å². The van der Waals surface area contributed by atoms with Crippen LogP contribution in [0.4, 0.5) is 0 Å². The van der Waals surface area contributed by atoms with Gasteiger partial charge in [-0.15, -0.1) is 11.3 Å². The molecule has 154 valence electrons. The van der Waals surface area contributed by atoms with E-state index in [0.29, 0.717) is 31.6 Å². The van der Waals surface area contributed by atoms with E-state index in [-0.39, 0.29) is 11.8 Å². The number of amides is 2. The molecule has 1 aromatic heterocycles. The van der Waals surface area contributed by atoms with E-state index in [2.05, 4.69) is 11.4 Å². The molecule has 0 aromatic carbocycles. The summed E-state index contributed by atoms with van der Waals surface area (Å²) in [5, 5.41) is 2.10. The highest BCUT2D eigenvalue weighted by Crippen LogP contribution is 2.26. The Morgan fingerprint density at radius 1 is 0.929 bits per heavy atom. The Kier molecular flexibility index (Phi) is 6.68. The zero-order valence-corrected chi connectivity index (χ0v) is 17.6. The molecule has 1 saturated carbocycles. The van der Waals surface area contributed by atoms with E-state index >= 15 is 0 Å². The lowest BCUT2D eigenvalue weighted by molar-refractivity contribution is -0.139. The number of rotatable bonds is 5. The van der Waals surface area contributed by atoms with Crippen molar-refractivity contribution >= 4 is 23.2 Å². The zero-order chi connectivity index (χ0) is 19.3. The summed E-state index contributed by atoms with van der Waals surface area (Å²) in [5.41, 5.74) is 1.27. The van der Waals surface area contributed by atoms with Crippen LogP contribution in [-0.4, -0.2) is 53.5 Å². The van der Waals surface area contributed by atoms with Crippen LogP contribution in [0.15, 0.2) is 11.4 Å². The summed E-state index contributed by atoms with van der Waals surface area (Å²) in [4.78, 5) is 30.3. The minimum absolute atomic E-state index is 0.112. The first-order valence-electron chi connectivity index (χ1n) is 11.0. The van der Waals surface area contributed by atoms with Crippen LogP contribution in [0.2, 0.25) is 0 Å². The molecule has 1 aliphatic carbocycles. The fraction of sp³-hybridized carbons (Fsp3) is 0.727. The summed E-state index contributed by atoms with van der Waals surface area (Å²) in [5.74, 6) is 0.235. The van der Waals surface area contributed by atoms with Crippen molar-refractivity contribution in [1.29, 1.82) is 0 Å². The maximum absolute atomic E-state index is 12.6. The number of hydrogen-bond acceptors (Lipinski definition) is 4. The number of carbonyl (C=O) groups excluding carboxylic acids is 2. The predicted molar refractivity (Wildman–Crippen MR) is 110 cm³/mol. The summed E-state index contributed by atoms with van der Waals surface area (Å²) >= 11 is 1.78. The molecule has 0 N–H and O–H groups in total. The van der Waals surface area contributed by atoms with Gasteiger partial charge in [0.1, 0.15) is 0 Å². The van der Waals surface area contributed by atoms with E-state index in [0.717, 1.165) is 38.9 Å². The number of thiophene rings is 1. The highest BCUT2D eigenvalue weighted by Gasteiger charge is 2.27. The normalized spacial score (nSPS) is 21.6. The number of fused-ring (bicyclic) bond motifs is 1. The number of carbonyl (C=O) groups is 2. The molecule has 2 aliphatic heterocycles. The SMILES string of the molecule is O=C(CCC(=O)N1CCc2sccc2C1)N1CCC(OC2CCCCC2)CC1. The first-order valence-corrected chi connectivity index (χ1v) is 11.8. The Balaban J connectivity index is 1.16. The van der Waals surface area contributed by atoms with E-state index in [1.165, 1.54) is 42.5 Å². The topological polar surface area (TPSA) is 49.9 Å². The molecule has 0 bridgehead atoms. The molecule has 28 heavy (non-hydrogen) atoms. The lowest BCUT2D eigenvalue weighted by atomic mass is 9.97. The van der Waals surface area contributed by atoms with Crippen LogP contribution < -0.4 is 0 Å². The van der Waals surface area contributed by atoms with Crippen LogP contribution in [-0.2, 0) is 27.3 Å². The van der Waals surface area contributed by atoms with Crippen molar-refractivity contribution in [2.45, 2.75) is 83.0 Å². The largest absolute Gasteiger partial charge is 0.375 e. The van der Waals surface area contributed by atoms with Crippen LogP contribution in [0.25, 0.3) is 0 Å². The third-order valence-electron chi connectivity index (χ3n) is 6.44. The second kappa shape index (κ2) is 9.40. The van der Waals surface area contributed by atoms with Gasteiger partial charge in [0.2, 0.25) is 11.8 Å². The highest BCUT2D eigenvalue weighted by molar-refractivity contribution is 7.10. The van der Waals surface area contributed by atoms with Crippen molar-refractivity contribution in [3.63, 3.8) is 0 Å². The maximum atomic E-state index is 12.6. The second-order valence-corrected chi connectivity index (χ2v) is 9.41. The van der Waals surface area contributed by atoms with Gasteiger partial charge in [0.25, 0.3) is 0 Å². The van der Waals surface area contributed by atoms with Gasteiger partial charge in [0.15, 0.2) is 0 Å². The average Bonchev–Trinajstić information content (AvgIpc) is 3.21. The van der Waals surface area contributed by atoms with Crippen molar-refractivity contribution in [2.75, 3.05) is 19.6 Å². The predicted octanol–water partition coefficient (Wildman–Crippen LogP) is 3.75. The van der Waals surface area contributed by atoms with Crippen LogP contribution in [0.1, 0.15) is 68.2 Å².